The number of nitrogens with zero attached hydrogens (tertiary/aromatic N) is 2. The Kier molecular flexibility index (Phi) is 10.9. The highest BCUT2D eigenvalue weighted by Gasteiger charge is 2.21. The summed E-state index contributed by atoms with van der Waals surface area (Å²) >= 11 is 0. The molecule has 238 valence electrons. The van der Waals surface area contributed by atoms with E-state index in [0.29, 0.717) is 31.6 Å². The molecule has 5 N–H and O–H groups in total. The van der Waals surface area contributed by atoms with Gasteiger partial charge in [-0.25, -0.2) is 18.4 Å². The van der Waals surface area contributed by atoms with E-state index in [4.69, 9.17) is 15.6 Å². The minimum Gasteiger partial charge on any atom is -0.379 e. The summed E-state index contributed by atoms with van der Waals surface area (Å²) in [6.07, 6.45) is 1.18. The number of sulfonamides is 1. The summed E-state index contributed by atoms with van der Waals surface area (Å²) in [6, 6.07) is 26.8. The van der Waals surface area contributed by atoms with Crippen molar-refractivity contribution < 1.29 is 17.9 Å². The fraction of sp³-hybridized carbons (Fsp3) is 0.343. The molecule has 0 saturated carbocycles. The first kappa shape index (κ1) is 32.6. The van der Waals surface area contributed by atoms with E-state index in [1.165, 1.54) is 0 Å². The highest BCUT2D eigenvalue weighted by Crippen LogP contribution is 2.25. The molecule has 1 heterocycles. The molecule has 2 amide bonds. The van der Waals surface area contributed by atoms with Crippen LogP contribution in [-0.2, 0) is 34.3 Å². The Morgan fingerprint density at radius 1 is 0.956 bits per heavy atom. The van der Waals surface area contributed by atoms with Crippen LogP contribution in [0.2, 0.25) is 0 Å². The lowest BCUT2D eigenvalue weighted by atomic mass is 10.00. The van der Waals surface area contributed by atoms with Crippen molar-refractivity contribution >= 4 is 26.8 Å². The van der Waals surface area contributed by atoms with Gasteiger partial charge in [-0.15, -0.1) is 0 Å². The molecule has 1 unspecified atom stereocenters. The van der Waals surface area contributed by atoms with Gasteiger partial charge in [-0.3, -0.25) is 4.90 Å². The van der Waals surface area contributed by atoms with Crippen LogP contribution in [0.3, 0.4) is 0 Å². The monoisotopic (exact) mass is 629 g/mol. The SMILES string of the molecule is CC(NC(=O)N(CCCN1CCOCC1)Cc1ccc(S(N)(=O)=O)c(Cc2ccc(CN)cc2)c1)c1cccc2ccccc12. The van der Waals surface area contributed by atoms with Gasteiger partial charge in [0.25, 0.3) is 0 Å². The number of primary sulfonamides is 1. The third kappa shape index (κ3) is 8.68. The Morgan fingerprint density at radius 2 is 1.64 bits per heavy atom. The number of hydrogen-bond acceptors (Lipinski definition) is 6. The van der Waals surface area contributed by atoms with Crippen molar-refractivity contribution in [2.45, 2.75) is 43.8 Å². The van der Waals surface area contributed by atoms with E-state index < -0.39 is 10.0 Å². The van der Waals surface area contributed by atoms with Crippen molar-refractivity contribution in [2.24, 2.45) is 10.9 Å². The van der Waals surface area contributed by atoms with E-state index >= 15 is 0 Å². The molecule has 4 aromatic rings. The summed E-state index contributed by atoms with van der Waals surface area (Å²) in [4.78, 5) is 18.1. The van der Waals surface area contributed by atoms with Crippen LogP contribution < -0.4 is 16.2 Å². The van der Waals surface area contributed by atoms with E-state index in [1.54, 1.807) is 12.1 Å². The zero-order valence-electron chi connectivity index (χ0n) is 25.8. The minimum absolute atomic E-state index is 0.0852. The first-order valence-electron chi connectivity index (χ1n) is 15.5. The molecule has 4 aromatic carbocycles. The number of nitrogens with one attached hydrogen (secondary N) is 1. The van der Waals surface area contributed by atoms with Crippen LogP contribution in [0.4, 0.5) is 4.79 Å². The molecule has 0 spiro atoms. The van der Waals surface area contributed by atoms with Crippen LogP contribution in [0, 0.1) is 0 Å². The highest BCUT2D eigenvalue weighted by atomic mass is 32.2. The summed E-state index contributed by atoms with van der Waals surface area (Å²) in [5.41, 5.74) is 10.2. The standard InChI is InChI=1S/C35H43N5O4S/c1-26(32-9-4-7-30-6-2-3-8-33(30)32)38-35(41)40(17-5-16-39-18-20-44-21-19-39)25-29-14-15-34(45(37,42)43)31(23-29)22-27-10-12-28(24-36)13-11-27/h2-4,6-15,23,26H,5,16-22,24-25,36H2,1H3,(H,38,41)(H2,37,42,43). The molecular weight excluding hydrogens is 586 g/mol. The van der Waals surface area contributed by atoms with Crippen molar-refractivity contribution in [1.82, 2.24) is 15.1 Å². The smallest absolute Gasteiger partial charge is 0.318 e. The van der Waals surface area contributed by atoms with E-state index in [-0.39, 0.29) is 17.0 Å². The van der Waals surface area contributed by atoms with Gasteiger partial charge in [0, 0.05) is 39.3 Å². The second-order valence-corrected chi connectivity index (χ2v) is 13.2. The van der Waals surface area contributed by atoms with E-state index in [2.05, 4.69) is 28.4 Å². The van der Waals surface area contributed by atoms with Crippen molar-refractivity contribution in [3.63, 3.8) is 0 Å². The molecule has 5 rings (SSSR count). The van der Waals surface area contributed by atoms with E-state index in [9.17, 15) is 13.2 Å². The van der Waals surface area contributed by atoms with Crippen LogP contribution >= 0.6 is 0 Å². The average molecular weight is 630 g/mol. The van der Waals surface area contributed by atoms with Crippen LogP contribution in [0.5, 0.6) is 0 Å². The van der Waals surface area contributed by atoms with Gasteiger partial charge in [-0.1, -0.05) is 78.9 Å². The quantitative estimate of drug-likeness (QED) is 0.211. The molecule has 10 heteroatoms. The fourth-order valence-electron chi connectivity index (χ4n) is 5.93. The summed E-state index contributed by atoms with van der Waals surface area (Å²) < 4.78 is 30.5. The fourth-order valence-corrected chi connectivity index (χ4v) is 6.68. The molecule has 1 aliphatic rings. The maximum atomic E-state index is 13.9. The van der Waals surface area contributed by atoms with E-state index in [1.807, 2.05) is 66.4 Å². The number of nitrogens with two attached hydrogens (primary N) is 2. The Labute approximate surface area is 266 Å². The zero-order valence-corrected chi connectivity index (χ0v) is 26.6. The van der Waals surface area contributed by atoms with Gasteiger partial charge in [0.15, 0.2) is 0 Å². The predicted octanol–water partition coefficient (Wildman–Crippen LogP) is 4.53. The molecule has 45 heavy (non-hydrogen) atoms. The number of hydrogen-bond donors (Lipinski definition) is 3. The average Bonchev–Trinajstić information content (AvgIpc) is 3.04. The van der Waals surface area contributed by atoms with Gasteiger partial charge < -0.3 is 20.7 Å². The predicted molar refractivity (Wildman–Crippen MR) is 178 cm³/mol. The summed E-state index contributed by atoms with van der Waals surface area (Å²) in [6.45, 7) is 7.37. The van der Waals surface area contributed by atoms with Crippen molar-refractivity contribution in [3.8, 4) is 0 Å². The Hall–Kier alpha value is -3.80. The molecule has 1 atom stereocenters. The Morgan fingerprint density at radius 3 is 2.38 bits per heavy atom. The van der Waals surface area contributed by atoms with E-state index in [0.717, 1.165) is 72.3 Å². The Bertz CT molecular complexity index is 1700. The molecule has 1 saturated heterocycles. The maximum absolute atomic E-state index is 13.9. The number of carbonyl (C=O) groups is 1. The molecule has 1 aliphatic heterocycles. The second kappa shape index (κ2) is 15.0. The largest absolute Gasteiger partial charge is 0.379 e. The number of carbonyl (C=O) groups excluding carboxylic acids is 1. The lowest BCUT2D eigenvalue weighted by Gasteiger charge is -2.29. The molecule has 0 aromatic heterocycles. The summed E-state index contributed by atoms with van der Waals surface area (Å²) in [5.74, 6) is 0. The van der Waals surface area contributed by atoms with Crippen molar-refractivity contribution in [2.75, 3.05) is 39.4 Å². The first-order valence-corrected chi connectivity index (χ1v) is 17.0. The summed E-state index contributed by atoms with van der Waals surface area (Å²) in [7, 11) is -3.95. The number of amides is 2. The number of morpholine rings is 1. The molecule has 0 bridgehead atoms. The van der Waals surface area contributed by atoms with Crippen molar-refractivity contribution in [3.05, 3.63) is 113 Å². The Balaban J connectivity index is 1.38. The molecule has 9 nitrogen and oxygen atoms in total. The number of rotatable bonds is 12. The molecule has 1 fully saturated rings. The second-order valence-electron chi connectivity index (χ2n) is 11.7. The molecule has 0 radical (unpaired) electrons. The minimum atomic E-state index is -3.95. The maximum Gasteiger partial charge on any atom is 0.318 e. The number of benzene rings is 4. The van der Waals surface area contributed by atoms with Gasteiger partial charge in [0.1, 0.15) is 0 Å². The van der Waals surface area contributed by atoms with Gasteiger partial charge in [-0.2, -0.15) is 0 Å². The van der Waals surface area contributed by atoms with Gasteiger partial charge in [0.2, 0.25) is 10.0 Å². The highest BCUT2D eigenvalue weighted by molar-refractivity contribution is 7.89. The van der Waals surface area contributed by atoms with Crippen molar-refractivity contribution in [1.29, 1.82) is 0 Å². The van der Waals surface area contributed by atoms with Gasteiger partial charge in [0.05, 0.1) is 24.2 Å². The molecular formula is C35H43N5O4S. The van der Waals surface area contributed by atoms with Gasteiger partial charge in [-0.05, 0) is 64.4 Å². The van der Waals surface area contributed by atoms with Crippen LogP contribution in [0.1, 0.15) is 47.2 Å². The molecule has 0 aliphatic carbocycles. The summed E-state index contributed by atoms with van der Waals surface area (Å²) in [5, 5.41) is 11.1. The lowest BCUT2D eigenvalue weighted by molar-refractivity contribution is 0.0364. The third-order valence-electron chi connectivity index (χ3n) is 8.38. The van der Waals surface area contributed by atoms with Gasteiger partial charge >= 0.3 is 6.03 Å². The third-order valence-corrected chi connectivity index (χ3v) is 9.39. The lowest BCUT2D eigenvalue weighted by Crippen LogP contribution is -2.43. The normalized spacial score (nSPS) is 14.7. The van der Waals surface area contributed by atoms with Crippen LogP contribution in [0.15, 0.2) is 89.8 Å². The van der Waals surface area contributed by atoms with Crippen LogP contribution in [0.25, 0.3) is 10.8 Å². The van der Waals surface area contributed by atoms with Crippen LogP contribution in [-0.4, -0.2) is 63.6 Å². The number of urea groups is 1. The number of ether oxygens (including phenoxy) is 1. The number of fused-ring (bicyclic) bond motifs is 1. The zero-order chi connectivity index (χ0) is 31.8. The topological polar surface area (TPSA) is 131 Å². The first-order chi connectivity index (χ1) is 21.7.